The normalized spacial score (nSPS) is 7.00. The first-order chi connectivity index (χ1) is 2.41. The van der Waals surface area contributed by atoms with E-state index in [9.17, 15) is 0 Å². The maximum absolute atomic E-state index is 8.07. The number of aliphatic hydroxyl groups excluding tert-OH is 1. The van der Waals surface area contributed by atoms with E-state index in [-0.39, 0.29) is 26.2 Å². The molecule has 0 aromatic carbocycles. The molecule has 0 unspecified atom stereocenters. The van der Waals surface area contributed by atoms with Crippen LogP contribution in [0.15, 0.2) is 0 Å². The van der Waals surface area contributed by atoms with Crippen LogP contribution in [0.5, 0.6) is 0 Å². The van der Waals surface area contributed by atoms with Crippen molar-refractivity contribution in [3.63, 3.8) is 0 Å². The predicted octanol–water partition coefficient (Wildman–Crippen LogP) is 0.398. The van der Waals surface area contributed by atoms with Crippen molar-refractivity contribution in [1.82, 2.24) is 0 Å². The van der Waals surface area contributed by atoms with Gasteiger partial charge in [-0.3, -0.25) is 0 Å². The van der Waals surface area contributed by atoms with Crippen LogP contribution in [-0.4, -0.2) is 37.9 Å². The van der Waals surface area contributed by atoms with E-state index in [2.05, 4.69) is 6.92 Å². The van der Waals surface area contributed by atoms with Gasteiger partial charge >= 0.3 is 0 Å². The molecule has 0 fully saturated rings. The second-order valence-corrected chi connectivity index (χ2v) is 1.08. The molecule has 3 radical (unpaired) electrons. The molecule has 0 rings (SSSR count). The first kappa shape index (κ1) is 9.96. The van der Waals surface area contributed by atoms with E-state index >= 15 is 0 Å². The SMILES string of the molecule is CCCCO.[Bi]. The largest absolute Gasteiger partial charge is 0.396 e. The van der Waals surface area contributed by atoms with Gasteiger partial charge in [0.25, 0.3) is 0 Å². The Hall–Kier alpha value is 0.843. The predicted molar refractivity (Wildman–Crippen MR) is 27.7 cm³/mol. The minimum absolute atomic E-state index is 0. The third kappa shape index (κ3) is 8.85. The molecule has 0 heterocycles. The van der Waals surface area contributed by atoms with E-state index in [0.717, 1.165) is 12.8 Å². The summed E-state index contributed by atoms with van der Waals surface area (Å²) in [5, 5.41) is 8.07. The van der Waals surface area contributed by atoms with Gasteiger partial charge in [-0.05, 0) is 6.42 Å². The monoisotopic (exact) mass is 283 g/mol. The second kappa shape index (κ2) is 9.28. The molecule has 0 bridgehead atoms. The summed E-state index contributed by atoms with van der Waals surface area (Å²) in [6.45, 7) is 2.40. The zero-order valence-corrected chi connectivity index (χ0v) is 7.49. The maximum atomic E-state index is 8.07. The second-order valence-electron chi connectivity index (χ2n) is 1.08. The number of rotatable bonds is 2. The molecular weight excluding hydrogens is 273 g/mol. The smallest absolute Gasteiger partial charge is 0.0430 e. The van der Waals surface area contributed by atoms with Gasteiger partial charge in [-0.25, -0.2) is 0 Å². The summed E-state index contributed by atoms with van der Waals surface area (Å²) < 4.78 is 0. The molecule has 0 spiro atoms. The van der Waals surface area contributed by atoms with E-state index in [0.29, 0.717) is 6.61 Å². The Morgan fingerprint density at radius 1 is 1.50 bits per heavy atom. The van der Waals surface area contributed by atoms with Crippen molar-refractivity contribution >= 4 is 26.2 Å². The first-order valence-electron chi connectivity index (χ1n) is 2.02. The van der Waals surface area contributed by atoms with Crippen LogP contribution < -0.4 is 0 Å². The number of unbranched alkanes of at least 4 members (excludes halogenated alkanes) is 1. The van der Waals surface area contributed by atoms with E-state index in [1.807, 2.05) is 0 Å². The standard InChI is InChI=1S/C4H10O.Bi/c1-2-3-4-5;/h5H,2-4H2,1H3;. The molecule has 0 atom stereocenters. The summed E-state index contributed by atoms with van der Waals surface area (Å²) in [6, 6.07) is 0. The fourth-order valence-corrected chi connectivity index (χ4v) is 0.158. The zero-order valence-electron chi connectivity index (χ0n) is 4.02. The fourth-order valence-electron chi connectivity index (χ4n) is 0.158. The van der Waals surface area contributed by atoms with E-state index in [4.69, 9.17) is 5.11 Å². The van der Waals surface area contributed by atoms with Gasteiger partial charge in [-0.2, -0.15) is 0 Å². The summed E-state index contributed by atoms with van der Waals surface area (Å²) in [5.74, 6) is 0. The van der Waals surface area contributed by atoms with Gasteiger partial charge in [0.1, 0.15) is 0 Å². The van der Waals surface area contributed by atoms with Crippen molar-refractivity contribution in [2.24, 2.45) is 0 Å². The van der Waals surface area contributed by atoms with Gasteiger partial charge in [0.2, 0.25) is 0 Å². The molecule has 0 aromatic rings. The number of hydrogen-bond donors (Lipinski definition) is 1. The fraction of sp³-hybridized carbons (Fsp3) is 1.00. The van der Waals surface area contributed by atoms with Gasteiger partial charge in [0.05, 0.1) is 0 Å². The Morgan fingerprint density at radius 2 is 2.00 bits per heavy atom. The Kier molecular flexibility index (Phi) is 15.4. The Bertz CT molecular complexity index is 15.0. The van der Waals surface area contributed by atoms with E-state index in [1.165, 1.54) is 0 Å². The third-order valence-electron chi connectivity index (χ3n) is 0.512. The minimum atomic E-state index is 0. The Morgan fingerprint density at radius 3 is 2.00 bits per heavy atom. The Balaban J connectivity index is 0. The topological polar surface area (TPSA) is 20.2 Å². The van der Waals surface area contributed by atoms with Gasteiger partial charge in [-0.15, -0.1) is 0 Å². The summed E-state index contributed by atoms with van der Waals surface area (Å²) in [7, 11) is 0. The van der Waals surface area contributed by atoms with Crippen molar-refractivity contribution in [2.75, 3.05) is 6.61 Å². The molecule has 0 aromatic heterocycles. The molecule has 2 heteroatoms. The van der Waals surface area contributed by atoms with Crippen LogP contribution >= 0.6 is 0 Å². The Labute approximate surface area is 57.9 Å². The quantitative estimate of drug-likeness (QED) is 0.727. The zero-order chi connectivity index (χ0) is 4.12. The van der Waals surface area contributed by atoms with E-state index < -0.39 is 0 Å². The summed E-state index contributed by atoms with van der Waals surface area (Å²) in [4.78, 5) is 0. The average molecular weight is 283 g/mol. The van der Waals surface area contributed by atoms with Crippen LogP contribution in [0.4, 0.5) is 0 Å². The molecule has 6 heavy (non-hydrogen) atoms. The van der Waals surface area contributed by atoms with Crippen molar-refractivity contribution in [1.29, 1.82) is 0 Å². The van der Waals surface area contributed by atoms with Crippen molar-refractivity contribution in [2.45, 2.75) is 19.8 Å². The van der Waals surface area contributed by atoms with Crippen molar-refractivity contribution in [3.8, 4) is 0 Å². The summed E-state index contributed by atoms with van der Waals surface area (Å²) in [6.07, 6.45) is 2.04. The van der Waals surface area contributed by atoms with Crippen LogP contribution in [0.25, 0.3) is 0 Å². The average Bonchev–Trinajstić information content (AvgIpc) is 1.41. The molecule has 1 N–H and O–H groups in total. The van der Waals surface area contributed by atoms with Gasteiger partial charge in [0.15, 0.2) is 0 Å². The molecule has 1 nitrogen and oxygen atoms in total. The molecule has 37 valence electrons. The van der Waals surface area contributed by atoms with Gasteiger partial charge in [0, 0.05) is 32.8 Å². The van der Waals surface area contributed by atoms with Crippen LogP contribution in [-0.2, 0) is 0 Å². The van der Waals surface area contributed by atoms with Crippen molar-refractivity contribution < 1.29 is 5.11 Å². The summed E-state index contributed by atoms with van der Waals surface area (Å²) >= 11 is 0. The maximum Gasteiger partial charge on any atom is 0.0430 e. The molecule has 0 aliphatic rings. The van der Waals surface area contributed by atoms with Crippen LogP contribution in [0.3, 0.4) is 0 Å². The molecule has 0 saturated carbocycles. The molecule has 0 saturated heterocycles. The van der Waals surface area contributed by atoms with Crippen LogP contribution in [0, 0.1) is 0 Å². The molecule has 0 amide bonds. The van der Waals surface area contributed by atoms with Crippen LogP contribution in [0.2, 0.25) is 0 Å². The molecule has 0 aliphatic heterocycles. The molecule has 0 aliphatic carbocycles. The number of aliphatic hydroxyl groups is 1. The van der Waals surface area contributed by atoms with Crippen LogP contribution in [0.1, 0.15) is 19.8 Å². The third-order valence-corrected chi connectivity index (χ3v) is 0.512. The van der Waals surface area contributed by atoms with Gasteiger partial charge < -0.3 is 5.11 Å². The summed E-state index contributed by atoms with van der Waals surface area (Å²) in [5.41, 5.74) is 0. The van der Waals surface area contributed by atoms with Crippen molar-refractivity contribution in [3.05, 3.63) is 0 Å². The molecular formula is C4H10BiO. The number of hydrogen-bond acceptors (Lipinski definition) is 1. The van der Waals surface area contributed by atoms with Gasteiger partial charge in [-0.1, -0.05) is 13.3 Å². The van der Waals surface area contributed by atoms with E-state index in [1.54, 1.807) is 0 Å². The minimum Gasteiger partial charge on any atom is -0.396 e. The first-order valence-corrected chi connectivity index (χ1v) is 2.02.